The topological polar surface area (TPSA) is 17.1 Å². The monoisotopic (exact) mass is 316 g/mol. The first-order chi connectivity index (χ1) is 11.7. The molecule has 5 rings (SSSR count). The molecule has 24 heavy (non-hydrogen) atoms. The van der Waals surface area contributed by atoms with Crippen LogP contribution in [-0.4, -0.2) is 5.78 Å². The predicted octanol–water partition coefficient (Wildman–Crippen LogP) is 5.14. The van der Waals surface area contributed by atoms with Gasteiger partial charge in [0, 0.05) is 6.42 Å². The van der Waals surface area contributed by atoms with Crippen molar-refractivity contribution in [2.24, 2.45) is 11.8 Å². The van der Waals surface area contributed by atoms with E-state index in [-0.39, 0.29) is 5.41 Å². The average molecular weight is 316 g/mol. The lowest BCUT2D eigenvalue weighted by atomic mass is 9.62. The molecule has 3 unspecified atom stereocenters. The molecule has 0 aliphatic heterocycles. The van der Waals surface area contributed by atoms with E-state index in [0.29, 0.717) is 17.6 Å². The zero-order valence-corrected chi connectivity index (χ0v) is 14.3. The Morgan fingerprint density at radius 3 is 2.83 bits per heavy atom. The summed E-state index contributed by atoms with van der Waals surface area (Å²) in [4.78, 5) is 13.1. The number of ketones is 1. The largest absolute Gasteiger partial charge is 0.299 e. The number of Topliss-reactive ketones (excluding diaryl/α,β-unsaturated/α-hetero) is 1. The second-order valence-electron chi connectivity index (χ2n) is 7.98. The Labute approximate surface area is 143 Å². The van der Waals surface area contributed by atoms with Crippen LogP contribution in [0.2, 0.25) is 0 Å². The summed E-state index contributed by atoms with van der Waals surface area (Å²) in [7, 11) is 0. The van der Waals surface area contributed by atoms with Gasteiger partial charge >= 0.3 is 0 Å². The quantitative estimate of drug-likeness (QED) is 0.701. The number of carbonyl (C=O) groups is 1. The fourth-order valence-electron chi connectivity index (χ4n) is 5.65. The molecule has 122 valence electrons. The minimum absolute atomic E-state index is 0.208. The summed E-state index contributed by atoms with van der Waals surface area (Å²) in [6.07, 6.45) is 10.8. The molecule has 0 amide bonds. The van der Waals surface area contributed by atoms with Gasteiger partial charge in [0.05, 0.1) is 5.41 Å². The van der Waals surface area contributed by atoms with Crippen LogP contribution >= 0.6 is 0 Å². The van der Waals surface area contributed by atoms with E-state index in [4.69, 9.17) is 0 Å². The lowest BCUT2D eigenvalue weighted by molar-refractivity contribution is -0.126. The van der Waals surface area contributed by atoms with E-state index in [0.717, 1.165) is 32.1 Å². The van der Waals surface area contributed by atoms with E-state index in [2.05, 4.69) is 49.4 Å². The van der Waals surface area contributed by atoms with Gasteiger partial charge in [-0.3, -0.25) is 4.79 Å². The van der Waals surface area contributed by atoms with Crippen LogP contribution in [0, 0.1) is 11.8 Å². The highest BCUT2D eigenvalue weighted by Crippen LogP contribution is 2.57. The van der Waals surface area contributed by atoms with E-state index in [1.165, 1.54) is 33.9 Å². The van der Waals surface area contributed by atoms with Crippen molar-refractivity contribution in [1.82, 2.24) is 0 Å². The van der Waals surface area contributed by atoms with Crippen molar-refractivity contribution >= 4 is 16.6 Å². The van der Waals surface area contributed by atoms with Crippen molar-refractivity contribution in [2.45, 2.75) is 50.9 Å². The van der Waals surface area contributed by atoms with Crippen molar-refractivity contribution < 1.29 is 4.79 Å². The van der Waals surface area contributed by atoms with Gasteiger partial charge in [-0.25, -0.2) is 0 Å². The molecule has 2 bridgehead atoms. The molecule has 0 saturated heterocycles. The SMILES string of the molecule is CCCc1cccc2cc3c(cc12)C1(CC2C=CC1C2)C(=O)CC3. The third-order valence-corrected chi connectivity index (χ3v) is 6.70. The van der Waals surface area contributed by atoms with Crippen LogP contribution < -0.4 is 0 Å². The summed E-state index contributed by atoms with van der Waals surface area (Å²) >= 11 is 0. The third kappa shape index (κ3) is 1.79. The first-order valence-electron chi connectivity index (χ1n) is 9.49. The maximum Gasteiger partial charge on any atom is 0.144 e. The number of allylic oxidation sites excluding steroid dienone is 2. The summed E-state index contributed by atoms with van der Waals surface area (Å²) in [5.74, 6) is 1.55. The summed E-state index contributed by atoms with van der Waals surface area (Å²) in [6, 6.07) is 11.5. The van der Waals surface area contributed by atoms with Crippen molar-refractivity contribution in [2.75, 3.05) is 0 Å². The van der Waals surface area contributed by atoms with E-state index in [1.54, 1.807) is 0 Å². The van der Waals surface area contributed by atoms with Crippen LogP contribution in [0.15, 0.2) is 42.5 Å². The van der Waals surface area contributed by atoms with Crippen LogP contribution in [-0.2, 0) is 23.1 Å². The van der Waals surface area contributed by atoms with Gasteiger partial charge in [0.25, 0.3) is 0 Å². The second kappa shape index (κ2) is 5.05. The highest BCUT2D eigenvalue weighted by molar-refractivity contribution is 5.97. The number of benzene rings is 2. The first-order valence-corrected chi connectivity index (χ1v) is 9.49. The van der Waals surface area contributed by atoms with Crippen molar-refractivity contribution in [3.63, 3.8) is 0 Å². The Morgan fingerprint density at radius 2 is 2.08 bits per heavy atom. The fraction of sp³-hybridized carbons (Fsp3) is 0.435. The zero-order valence-electron chi connectivity index (χ0n) is 14.3. The van der Waals surface area contributed by atoms with Crippen LogP contribution in [0.1, 0.15) is 49.3 Å². The van der Waals surface area contributed by atoms with Crippen molar-refractivity contribution in [1.29, 1.82) is 0 Å². The Bertz CT molecular complexity index is 875. The summed E-state index contributed by atoms with van der Waals surface area (Å²) in [6.45, 7) is 2.24. The van der Waals surface area contributed by atoms with Gasteiger partial charge in [-0.15, -0.1) is 0 Å². The molecule has 3 atom stereocenters. The molecule has 3 aliphatic rings. The summed E-state index contributed by atoms with van der Waals surface area (Å²) < 4.78 is 0. The van der Waals surface area contributed by atoms with Gasteiger partial charge in [-0.05, 0) is 71.0 Å². The molecule has 1 nitrogen and oxygen atoms in total. The molecule has 0 aromatic heterocycles. The lowest BCUT2D eigenvalue weighted by Crippen LogP contribution is -2.43. The average Bonchev–Trinajstić information content (AvgIpc) is 3.20. The molecule has 2 aromatic rings. The van der Waals surface area contributed by atoms with E-state index in [1.807, 2.05) is 0 Å². The van der Waals surface area contributed by atoms with Crippen LogP contribution in [0.5, 0.6) is 0 Å². The minimum atomic E-state index is -0.208. The minimum Gasteiger partial charge on any atom is -0.299 e. The van der Waals surface area contributed by atoms with Crippen LogP contribution in [0.3, 0.4) is 0 Å². The predicted molar refractivity (Wildman–Crippen MR) is 98.3 cm³/mol. The molecular formula is C23H24O. The van der Waals surface area contributed by atoms with Crippen LogP contribution in [0.4, 0.5) is 0 Å². The molecule has 1 heteroatoms. The molecule has 0 N–H and O–H groups in total. The number of aryl methyl sites for hydroxylation is 2. The lowest BCUT2D eigenvalue weighted by Gasteiger charge is -2.40. The first kappa shape index (κ1) is 14.5. The third-order valence-electron chi connectivity index (χ3n) is 6.70. The van der Waals surface area contributed by atoms with Crippen molar-refractivity contribution in [3.8, 4) is 0 Å². The Kier molecular flexibility index (Phi) is 3.04. The number of hydrogen-bond acceptors (Lipinski definition) is 1. The molecule has 3 aliphatic carbocycles. The van der Waals surface area contributed by atoms with Gasteiger partial charge in [0.15, 0.2) is 0 Å². The van der Waals surface area contributed by atoms with E-state index >= 15 is 0 Å². The zero-order chi connectivity index (χ0) is 16.3. The molecule has 1 spiro atoms. The number of fused-ring (bicyclic) bond motifs is 6. The Balaban J connectivity index is 1.77. The van der Waals surface area contributed by atoms with Gasteiger partial charge in [-0.1, -0.05) is 49.8 Å². The molecule has 2 aromatic carbocycles. The summed E-state index contributed by atoms with van der Waals surface area (Å²) in [5, 5.41) is 2.72. The number of rotatable bonds is 2. The molecule has 0 radical (unpaired) electrons. The molecule has 1 saturated carbocycles. The van der Waals surface area contributed by atoms with Gasteiger partial charge in [0.1, 0.15) is 5.78 Å². The summed E-state index contributed by atoms with van der Waals surface area (Å²) in [5.41, 5.74) is 4.02. The molecule has 1 fully saturated rings. The number of carbonyl (C=O) groups excluding carboxylic acids is 1. The molecule has 0 heterocycles. The van der Waals surface area contributed by atoms with Gasteiger partial charge in [0.2, 0.25) is 0 Å². The Hall–Kier alpha value is -1.89. The highest BCUT2D eigenvalue weighted by atomic mass is 16.1. The highest BCUT2D eigenvalue weighted by Gasteiger charge is 2.55. The fourth-order valence-corrected chi connectivity index (χ4v) is 5.65. The van der Waals surface area contributed by atoms with Crippen LogP contribution in [0.25, 0.3) is 10.8 Å². The van der Waals surface area contributed by atoms with Gasteiger partial charge < -0.3 is 0 Å². The van der Waals surface area contributed by atoms with Gasteiger partial charge in [-0.2, -0.15) is 0 Å². The smallest absolute Gasteiger partial charge is 0.144 e. The van der Waals surface area contributed by atoms with Crippen molar-refractivity contribution in [3.05, 3.63) is 59.2 Å². The normalized spacial score (nSPS) is 30.5. The second-order valence-corrected chi connectivity index (χ2v) is 7.98. The van der Waals surface area contributed by atoms with E-state index < -0.39 is 0 Å². The standard InChI is InChI=1S/C23H24O/c1-2-4-16-5-3-6-17-12-18-8-10-22(24)23(21(18)13-20(16)17)14-15-7-9-19(23)11-15/h3,5-7,9,12-13,15,19H,2,4,8,10-11,14H2,1H3. The maximum atomic E-state index is 13.1. The molecular weight excluding hydrogens is 292 g/mol. The maximum absolute atomic E-state index is 13.1. The number of hydrogen-bond donors (Lipinski definition) is 0. The Morgan fingerprint density at radius 1 is 1.17 bits per heavy atom. The van der Waals surface area contributed by atoms with E-state index in [9.17, 15) is 4.79 Å².